The van der Waals surface area contributed by atoms with Crippen LogP contribution in [0.5, 0.6) is 0 Å². The van der Waals surface area contributed by atoms with Crippen molar-refractivity contribution >= 4 is 23.2 Å². The third kappa shape index (κ3) is 1.54. The van der Waals surface area contributed by atoms with Crippen LogP contribution in [0.1, 0.15) is 6.92 Å². The summed E-state index contributed by atoms with van der Waals surface area (Å²) < 4.78 is 0. The van der Waals surface area contributed by atoms with Gasteiger partial charge in [-0.1, -0.05) is 18.3 Å². The standard InChI is InChI=1S/C6H7NO2S/c1-5(8)9-7-4-2-3-6(7)10/h2-3H,4H2,1H3. The Morgan fingerprint density at radius 1 is 1.90 bits per heavy atom. The van der Waals surface area contributed by atoms with E-state index >= 15 is 0 Å². The molecule has 0 saturated carbocycles. The second kappa shape index (κ2) is 2.79. The smallest absolute Gasteiger partial charge is 0.329 e. The van der Waals surface area contributed by atoms with Crippen LogP contribution in [0.4, 0.5) is 0 Å². The molecule has 0 aromatic carbocycles. The molecule has 1 aliphatic heterocycles. The number of hydrogen-bond donors (Lipinski definition) is 0. The van der Waals surface area contributed by atoms with E-state index in [0.717, 1.165) is 0 Å². The first-order chi connectivity index (χ1) is 4.70. The molecule has 1 aliphatic rings. The summed E-state index contributed by atoms with van der Waals surface area (Å²) in [7, 11) is 0. The van der Waals surface area contributed by atoms with Gasteiger partial charge >= 0.3 is 5.97 Å². The van der Waals surface area contributed by atoms with Crippen molar-refractivity contribution in [2.75, 3.05) is 6.54 Å². The number of hydrogen-bond acceptors (Lipinski definition) is 3. The molecule has 0 aromatic heterocycles. The van der Waals surface area contributed by atoms with Gasteiger partial charge in [0.25, 0.3) is 0 Å². The van der Waals surface area contributed by atoms with Gasteiger partial charge in [0.05, 0.1) is 6.54 Å². The Morgan fingerprint density at radius 3 is 3.00 bits per heavy atom. The van der Waals surface area contributed by atoms with Crippen molar-refractivity contribution in [3.63, 3.8) is 0 Å². The predicted octanol–water partition coefficient (Wildman–Crippen LogP) is 0.664. The van der Waals surface area contributed by atoms with E-state index in [0.29, 0.717) is 11.5 Å². The number of carbonyl (C=O) groups excluding carboxylic acids is 1. The quantitative estimate of drug-likeness (QED) is 0.523. The summed E-state index contributed by atoms with van der Waals surface area (Å²) in [4.78, 5) is 15.7. The second-order valence-corrected chi connectivity index (χ2v) is 2.30. The summed E-state index contributed by atoms with van der Waals surface area (Å²) in [5.74, 6) is -0.342. The van der Waals surface area contributed by atoms with E-state index < -0.39 is 0 Å². The van der Waals surface area contributed by atoms with Crippen LogP contribution in [0.2, 0.25) is 0 Å². The maximum Gasteiger partial charge on any atom is 0.329 e. The zero-order valence-electron chi connectivity index (χ0n) is 5.53. The molecular weight excluding hydrogens is 150 g/mol. The van der Waals surface area contributed by atoms with Gasteiger partial charge in [0, 0.05) is 6.92 Å². The average molecular weight is 157 g/mol. The fraction of sp³-hybridized carbons (Fsp3) is 0.333. The van der Waals surface area contributed by atoms with Gasteiger partial charge in [-0.05, 0) is 6.08 Å². The highest BCUT2D eigenvalue weighted by atomic mass is 32.1. The molecule has 0 aromatic rings. The average Bonchev–Trinajstić information content (AvgIpc) is 2.15. The fourth-order valence-electron chi connectivity index (χ4n) is 0.660. The largest absolute Gasteiger partial charge is 0.340 e. The Hall–Kier alpha value is -0.900. The lowest BCUT2D eigenvalue weighted by Crippen LogP contribution is -2.26. The van der Waals surface area contributed by atoms with Crippen molar-refractivity contribution in [3.8, 4) is 0 Å². The van der Waals surface area contributed by atoms with Gasteiger partial charge in [-0.15, -0.1) is 0 Å². The van der Waals surface area contributed by atoms with Gasteiger partial charge in [0.2, 0.25) is 0 Å². The van der Waals surface area contributed by atoms with Crippen LogP contribution in [0, 0.1) is 0 Å². The summed E-state index contributed by atoms with van der Waals surface area (Å²) in [5, 5.41) is 1.37. The molecule has 0 unspecified atom stereocenters. The summed E-state index contributed by atoms with van der Waals surface area (Å²) in [6.45, 7) is 1.92. The monoisotopic (exact) mass is 157 g/mol. The Balaban J connectivity index is 2.45. The van der Waals surface area contributed by atoms with Crippen LogP contribution < -0.4 is 0 Å². The van der Waals surface area contributed by atoms with Gasteiger partial charge in [0.15, 0.2) is 0 Å². The zero-order valence-corrected chi connectivity index (χ0v) is 6.35. The van der Waals surface area contributed by atoms with Crippen LogP contribution >= 0.6 is 12.2 Å². The van der Waals surface area contributed by atoms with E-state index in [9.17, 15) is 4.79 Å². The first kappa shape index (κ1) is 7.21. The molecule has 0 aliphatic carbocycles. The highest BCUT2D eigenvalue weighted by Crippen LogP contribution is 2.03. The van der Waals surface area contributed by atoms with Crippen molar-refractivity contribution in [2.45, 2.75) is 6.92 Å². The molecule has 0 spiro atoms. The van der Waals surface area contributed by atoms with E-state index in [1.807, 2.05) is 6.08 Å². The van der Waals surface area contributed by atoms with E-state index in [4.69, 9.17) is 17.1 Å². The number of carbonyl (C=O) groups is 1. The molecule has 0 saturated heterocycles. The lowest BCUT2D eigenvalue weighted by molar-refractivity contribution is -0.167. The molecule has 1 rings (SSSR count). The van der Waals surface area contributed by atoms with Crippen molar-refractivity contribution in [1.29, 1.82) is 0 Å². The molecule has 4 heteroatoms. The zero-order chi connectivity index (χ0) is 7.56. The lowest BCUT2D eigenvalue weighted by atomic mass is 10.6. The summed E-state index contributed by atoms with van der Waals surface area (Å²) >= 11 is 4.82. The molecule has 0 bridgehead atoms. The fourth-order valence-corrected chi connectivity index (χ4v) is 0.868. The molecule has 0 N–H and O–H groups in total. The van der Waals surface area contributed by atoms with Crippen molar-refractivity contribution in [2.24, 2.45) is 0 Å². The minimum Gasteiger partial charge on any atom is -0.340 e. The van der Waals surface area contributed by atoms with E-state index in [2.05, 4.69) is 0 Å². The molecule has 10 heavy (non-hydrogen) atoms. The van der Waals surface area contributed by atoms with E-state index in [1.165, 1.54) is 12.0 Å². The van der Waals surface area contributed by atoms with Crippen LogP contribution in [-0.4, -0.2) is 22.6 Å². The Morgan fingerprint density at radius 2 is 2.60 bits per heavy atom. The molecule has 0 radical (unpaired) electrons. The molecule has 54 valence electrons. The van der Waals surface area contributed by atoms with Crippen LogP contribution in [0.15, 0.2) is 12.2 Å². The van der Waals surface area contributed by atoms with Crippen molar-refractivity contribution in [3.05, 3.63) is 12.2 Å². The van der Waals surface area contributed by atoms with E-state index in [1.54, 1.807) is 6.08 Å². The lowest BCUT2D eigenvalue weighted by Gasteiger charge is -2.14. The first-order valence-corrected chi connectivity index (χ1v) is 3.27. The normalized spacial score (nSPS) is 16.1. The maximum atomic E-state index is 10.4. The van der Waals surface area contributed by atoms with Crippen LogP contribution in [0.25, 0.3) is 0 Å². The van der Waals surface area contributed by atoms with Gasteiger partial charge in [-0.3, -0.25) is 4.79 Å². The summed E-state index contributed by atoms with van der Waals surface area (Å²) in [6, 6.07) is 0. The third-order valence-electron chi connectivity index (χ3n) is 1.02. The number of thiocarbonyl (C=S) groups is 1. The minimum atomic E-state index is -0.342. The summed E-state index contributed by atoms with van der Waals surface area (Å²) in [5.41, 5.74) is 0. The number of rotatable bonds is 1. The minimum absolute atomic E-state index is 0.342. The molecule has 3 nitrogen and oxygen atoms in total. The Kier molecular flexibility index (Phi) is 2.01. The predicted molar refractivity (Wildman–Crippen MR) is 40.2 cm³/mol. The molecule has 0 atom stereocenters. The summed E-state index contributed by atoms with van der Waals surface area (Å²) in [6.07, 6.45) is 3.57. The van der Waals surface area contributed by atoms with Crippen molar-refractivity contribution < 1.29 is 9.63 Å². The SMILES string of the molecule is CC(=O)ON1CC=CC1=S. The van der Waals surface area contributed by atoms with Gasteiger partial charge in [0.1, 0.15) is 4.99 Å². The van der Waals surface area contributed by atoms with E-state index in [-0.39, 0.29) is 5.97 Å². The van der Waals surface area contributed by atoms with Gasteiger partial charge in [-0.25, -0.2) is 0 Å². The third-order valence-corrected chi connectivity index (χ3v) is 1.36. The number of hydroxylamine groups is 2. The Bertz CT molecular complexity index is 200. The highest BCUT2D eigenvalue weighted by molar-refractivity contribution is 7.80. The van der Waals surface area contributed by atoms with Crippen LogP contribution in [-0.2, 0) is 9.63 Å². The highest BCUT2D eigenvalue weighted by Gasteiger charge is 2.13. The van der Waals surface area contributed by atoms with Crippen LogP contribution in [0.3, 0.4) is 0 Å². The first-order valence-electron chi connectivity index (χ1n) is 2.87. The number of nitrogens with zero attached hydrogens (tertiary/aromatic N) is 1. The maximum absolute atomic E-state index is 10.4. The topological polar surface area (TPSA) is 29.5 Å². The van der Waals surface area contributed by atoms with Crippen molar-refractivity contribution in [1.82, 2.24) is 5.06 Å². The Labute approximate surface area is 64.2 Å². The molecular formula is C6H7NO2S. The molecule has 1 heterocycles. The van der Waals surface area contributed by atoms with Gasteiger partial charge in [-0.2, -0.15) is 5.06 Å². The molecule has 0 amide bonds. The second-order valence-electron chi connectivity index (χ2n) is 1.88. The van der Waals surface area contributed by atoms with Gasteiger partial charge < -0.3 is 4.84 Å². The molecule has 0 fully saturated rings.